The van der Waals surface area contributed by atoms with Crippen molar-refractivity contribution in [2.75, 3.05) is 11.5 Å². The minimum absolute atomic E-state index is 0.0698. The highest BCUT2D eigenvalue weighted by atomic mass is 32.2. The summed E-state index contributed by atoms with van der Waals surface area (Å²) in [7, 11) is -3.04. The molecule has 0 aliphatic carbocycles. The summed E-state index contributed by atoms with van der Waals surface area (Å²) in [6, 6.07) is 6.72. The Hall–Kier alpha value is -1.56. The van der Waals surface area contributed by atoms with E-state index in [9.17, 15) is 18.3 Å². The molecule has 1 aliphatic heterocycles. The van der Waals surface area contributed by atoms with Gasteiger partial charge >= 0.3 is 0 Å². The maximum Gasteiger partial charge on any atom is 0.224 e. The third-order valence-electron chi connectivity index (χ3n) is 3.05. The normalized spacial score (nSPS) is 21.7. The highest BCUT2D eigenvalue weighted by Gasteiger charge is 2.32. The number of benzene rings is 1. The lowest BCUT2D eigenvalue weighted by molar-refractivity contribution is -0.124. The Morgan fingerprint density at radius 3 is 2.72 bits per heavy atom. The molecule has 1 aromatic carbocycles. The van der Waals surface area contributed by atoms with Crippen LogP contribution in [-0.4, -0.2) is 30.9 Å². The van der Waals surface area contributed by atoms with Crippen molar-refractivity contribution >= 4 is 15.7 Å². The average Bonchev–Trinajstić information content (AvgIpc) is 2.68. The van der Waals surface area contributed by atoms with Gasteiger partial charge in [0.05, 0.1) is 17.4 Å². The fourth-order valence-corrected chi connectivity index (χ4v) is 3.73. The van der Waals surface area contributed by atoms with Crippen molar-refractivity contribution in [1.82, 2.24) is 5.32 Å². The number of carbonyl (C=O) groups is 1. The van der Waals surface area contributed by atoms with Crippen molar-refractivity contribution < 1.29 is 18.3 Å². The molecule has 2 N–H and O–H groups in total. The highest BCUT2D eigenvalue weighted by molar-refractivity contribution is 7.91. The standard InChI is InChI=1S/C12H15NO4S/c14-11-4-2-1-3-9(11)7-13-12(15)10-5-6-18(16,17)8-10/h1-4,10,14H,5-8H2,(H,13,15). The van der Waals surface area contributed by atoms with Crippen molar-refractivity contribution in [3.8, 4) is 5.75 Å². The molecule has 1 saturated heterocycles. The lowest BCUT2D eigenvalue weighted by Crippen LogP contribution is -2.30. The maximum atomic E-state index is 11.8. The molecule has 5 nitrogen and oxygen atoms in total. The first-order valence-electron chi connectivity index (χ1n) is 5.73. The van der Waals surface area contributed by atoms with Crippen LogP contribution in [0.2, 0.25) is 0 Å². The molecule has 6 heteroatoms. The molecule has 18 heavy (non-hydrogen) atoms. The molecule has 1 fully saturated rings. The summed E-state index contributed by atoms with van der Waals surface area (Å²) in [6.07, 6.45) is 0.384. The number of hydrogen-bond acceptors (Lipinski definition) is 4. The van der Waals surface area contributed by atoms with E-state index in [-0.39, 0.29) is 29.7 Å². The zero-order valence-corrected chi connectivity index (χ0v) is 10.6. The summed E-state index contributed by atoms with van der Waals surface area (Å²) in [4.78, 5) is 11.8. The van der Waals surface area contributed by atoms with Gasteiger partial charge in [0.2, 0.25) is 5.91 Å². The van der Waals surface area contributed by atoms with E-state index >= 15 is 0 Å². The van der Waals surface area contributed by atoms with Gasteiger partial charge in [-0.2, -0.15) is 0 Å². The molecule has 1 amide bonds. The topological polar surface area (TPSA) is 83.5 Å². The van der Waals surface area contributed by atoms with Gasteiger partial charge in [-0.25, -0.2) is 8.42 Å². The van der Waals surface area contributed by atoms with Gasteiger partial charge in [0, 0.05) is 12.1 Å². The molecule has 0 saturated carbocycles. The van der Waals surface area contributed by atoms with Crippen LogP contribution < -0.4 is 5.32 Å². The smallest absolute Gasteiger partial charge is 0.224 e. The number of phenolic OH excluding ortho intramolecular Hbond substituents is 1. The molecule has 1 aromatic rings. The van der Waals surface area contributed by atoms with Gasteiger partial charge in [0.15, 0.2) is 9.84 Å². The van der Waals surface area contributed by atoms with E-state index in [1.165, 1.54) is 0 Å². The maximum absolute atomic E-state index is 11.8. The largest absolute Gasteiger partial charge is 0.508 e. The fourth-order valence-electron chi connectivity index (χ4n) is 1.99. The molecular formula is C12H15NO4S. The Morgan fingerprint density at radius 1 is 1.39 bits per heavy atom. The Labute approximate surface area is 106 Å². The monoisotopic (exact) mass is 269 g/mol. The summed E-state index contributed by atoms with van der Waals surface area (Å²) in [5.41, 5.74) is 0.617. The molecule has 0 aromatic heterocycles. The van der Waals surface area contributed by atoms with E-state index < -0.39 is 15.8 Å². The average molecular weight is 269 g/mol. The minimum atomic E-state index is -3.04. The number of para-hydroxylation sites is 1. The van der Waals surface area contributed by atoms with Gasteiger partial charge in [-0.05, 0) is 12.5 Å². The molecule has 98 valence electrons. The van der Waals surface area contributed by atoms with Crippen molar-refractivity contribution in [3.63, 3.8) is 0 Å². The van der Waals surface area contributed by atoms with E-state index in [0.29, 0.717) is 12.0 Å². The second-order valence-electron chi connectivity index (χ2n) is 4.45. The van der Waals surface area contributed by atoms with Gasteiger partial charge < -0.3 is 10.4 Å². The lowest BCUT2D eigenvalue weighted by Gasteiger charge is -2.10. The molecule has 0 radical (unpaired) electrons. The molecule has 1 aliphatic rings. The predicted octanol–water partition coefficient (Wildman–Crippen LogP) is 0.443. The number of sulfone groups is 1. The van der Waals surface area contributed by atoms with Crippen LogP contribution in [0, 0.1) is 5.92 Å². The lowest BCUT2D eigenvalue weighted by atomic mass is 10.1. The molecule has 1 unspecified atom stereocenters. The predicted molar refractivity (Wildman–Crippen MR) is 66.7 cm³/mol. The zero-order chi connectivity index (χ0) is 13.2. The van der Waals surface area contributed by atoms with E-state index in [0.717, 1.165) is 0 Å². The van der Waals surface area contributed by atoms with Crippen LogP contribution in [0.5, 0.6) is 5.75 Å². The van der Waals surface area contributed by atoms with Gasteiger partial charge in [-0.3, -0.25) is 4.79 Å². The molecule has 1 atom stereocenters. The molecular weight excluding hydrogens is 254 g/mol. The van der Waals surface area contributed by atoms with Crippen LogP contribution in [0.25, 0.3) is 0 Å². The van der Waals surface area contributed by atoms with Crippen LogP contribution in [0.3, 0.4) is 0 Å². The number of nitrogens with one attached hydrogen (secondary N) is 1. The number of amides is 1. The van der Waals surface area contributed by atoms with Crippen LogP contribution in [0.15, 0.2) is 24.3 Å². The SMILES string of the molecule is O=C(NCc1ccccc1O)C1CCS(=O)(=O)C1. The minimum Gasteiger partial charge on any atom is -0.508 e. The van der Waals surface area contributed by atoms with E-state index in [1.54, 1.807) is 24.3 Å². The van der Waals surface area contributed by atoms with Crippen molar-refractivity contribution in [2.45, 2.75) is 13.0 Å². The summed E-state index contributed by atoms with van der Waals surface area (Å²) < 4.78 is 22.5. The molecule has 0 bridgehead atoms. The van der Waals surface area contributed by atoms with E-state index in [1.807, 2.05) is 0 Å². The van der Waals surface area contributed by atoms with Crippen molar-refractivity contribution in [3.05, 3.63) is 29.8 Å². The van der Waals surface area contributed by atoms with Crippen molar-refractivity contribution in [1.29, 1.82) is 0 Å². The van der Waals surface area contributed by atoms with E-state index in [2.05, 4.69) is 5.32 Å². The molecule has 0 spiro atoms. The molecule has 1 heterocycles. The first-order valence-corrected chi connectivity index (χ1v) is 7.55. The van der Waals surface area contributed by atoms with Crippen LogP contribution >= 0.6 is 0 Å². The highest BCUT2D eigenvalue weighted by Crippen LogP contribution is 2.19. The number of phenols is 1. The van der Waals surface area contributed by atoms with Gasteiger partial charge in [0.1, 0.15) is 5.75 Å². The third kappa shape index (κ3) is 3.01. The second kappa shape index (κ2) is 4.97. The zero-order valence-electron chi connectivity index (χ0n) is 9.80. The summed E-state index contributed by atoms with van der Waals surface area (Å²) in [5, 5.41) is 12.2. The quantitative estimate of drug-likeness (QED) is 0.834. The van der Waals surface area contributed by atoms with Crippen LogP contribution in [0.1, 0.15) is 12.0 Å². The second-order valence-corrected chi connectivity index (χ2v) is 6.68. The van der Waals surface area contributed by atoms with Crippen LogP contribution in [-0.2, 0) is 21.2 Å². The fraction of sp³-hybridized carbons (Fsp3) is 0.417. The van der Waals surface area contributed by atoms with Crippen LogP contribution in [0.4, 0.5) is 0 Å². The summed E-state index contributed by atoms with van der Waals surface area (Å²) in [5.74, 6) is -0.585. The summed E-state index contributed by atoms with van der Waals surface area (Å²) >= 11 is 0. The van der Waals surface area contributed by atoms with Gasteiger partial charge in [-0.15, -0.1) is 0 Å². The number of hydrogen-bond donors (Lipinski definition) is 2. The Kier molecular flexibility index (Phi) is 3.56. The first-order chi connectivity index (χ1) is 8.48. The molecule has 2 rings (SSSR count). The van der Waals surface area contributed by atoms with Gasteiger partial charge in [0.25, 0.3) is 0 Å². The van der Waals surface area contributed by atoms with E-state index in [4.69, 9.17) is 0 Å². The Morgan fingerprint density at radius 2 is 2.11 bits per heavy atom. The number of aromatic hydroxyl groups is 1. The summed E-state index contributed by atoms with van der Waals surface area (Å²) in [6.45, 7) is 0.210. The number of carbonyl (C=O) groups excluding carboxylic acids is 1. The third-order valence-corrected chi connectivity index (χ3v) is 4.82. The Bertz CT molecular complexity index is 553. The Balaban J connectivity index is 1.92. The van der Waals surface area contributed by atoms with Gasteiger partial charge in [-0.1, -0.05) is 18.2 Å². The number of rotatable bonds is 3. The van der Waals surface area contributed by atoms with Crippen molar-refractivity contribution in [2.24, 2.45) is 5.92 Å². The first kappa shape index (κ1) is 12.9.